The summed E-state index contributed by atoms with van der Waals surface area (Å²) in [5.74, 6) is -0.203. The Bertz CT molecular complexity index is 350. The number of hydrogen-bond acceptors (Lipinski definition) is 2. The number of hydrogen-bond donors (Lipinski definition) is 1. The maximum absolute atomic E-state index is 12.6. The van der Waals surface area contributed by atoms with E-state index in [9.17, 15) is 9.18 Å². The van der Waals surface area contributed by atoms with Crippen LogP contribution in [0.5, 0.6) is 0 Å². The van der Waals surface area contributed by atoms with Crippen molar-refractivity contribution in [3.05, 3.63) is 35.6 Å². The third kappa shape index (κ3) is 1.61. The van der Waals surface area contributed by atoms with Gasteiger partial charge in [-0.15, -0.1) is 0 Å². The van der Waals surface area contributed by atoms with Gasteiger partial charge in [0.25, 0.3) is 0 Å². The van der Waals surface area contributed by atoms with Gasteiger partial charge in [0, 0.05) is 13.5 Å². The monoisotopic (exact) mass is 194 g/mol. The normalized spacial score (nSPS) is 21.7. The Morgan fingerprint density at radius 3 is 2.57 bits per heavy atom. The second-order valence-corrected chi connectivity index (χ2v) is 3.39. The van der Waals surface area contributed by atoms with Crippen LogP contribution in [0.25, 0.3) is 0 Å². The lowest BCUT2D eigenvalue weighted by Gasteiger charge is -2.12. The van der Waals surface area contributed by atoms with E-state index in [0.717, 1.165) is 5.56 Å². The summed E-state index contributed by atoms with van der Waals surface area (Å²) in [4.78, 5) is 11.2. The lowest BCUT2D eigenvalue weighted by molar-refractivity contribution is -0.128. The number of carbonyl (C=O) groups excluding carboxylic acids is 1. The fourth-order valence-electron chi connectivity index (χ4n) is 1.55. The summed E-state index contributed by atoms with van der Waals surface area (Å²) in [5, 5.41) is 1.47. The molecule has 1 heterocycles. The molecule has 2 rings (SSSR count). The number of benzene rings is 1. The topological polar surface area (TPSA) is 32.3 Å². The van der Waals surface area contributed by atoms with Crippen molar-refractivity contribution in [2.45, 2.75) is 12.5 Å². The first-order chi connectivity index (χ1) is 6.66. The first-order valence-electron chi connectivity index (χ1n) is 4.45. The van der Waals surface area contributed by atoms with E-state index in [1.807, 2.05) is 0 Å². The molecule has 1 atom stereocenters. The molecule has 1 aliphatic rings. The lowest BCUT2D eigenvalue weighted by Crippen LogP contribution is -2.30. The Morgan fingerprint density at radius 2 is 2.07 bits per heavy atom. The first-order valence-corrected chi connectivity index (χ1v) is 4.45. The Labute approximate surface area is 81.5 Å². The Hall–Kier alpha value is -1.42. The minimum atomic E-state index is -0.258. The van der Waals surface area contributed by atoms with E-state index in [1.54, 1.807) is 19.2 Å². The second kappa shape index (κ2) is 3.38. The zero-order valence-corrected chi connectivity index (χ0v) is 7.83. The van der Waals surface area contributed by atoms with Crippen molar-refractivity contribution in [1.29, 1.82) is 0 Å². The van der Waals surface area contributed by atoms with E-state index in [1.165, 1.54) is 17.1 Å². The van der Waals surface area contributed by atoms with Gasteiger partial charge in [-0.2, -0.15) is 0 Å². The van der Waals surface area contributed by atoms with Crippen molar-refractivity contribution in [3.8, 4) is 0 Å². The Kier molecular flexibility index (Phi) is 2.21. The number of nitrogens with one attached hydrogen (secondary N) is 1. The molecule has 1 N–H and O–H groups in total. The molecule has 0 radical (unpaired) electrons. The highest BCUT2D eigenvalue weighted by molar-refractivity contribution is 5.78. The van der Waals surface area contributed by atoms with Gasteiger partial charge in [-0.25, -0.2) is 9.82 Å². The van der Waals surface area contributed by atoms with E-state index in [2.05, 4.69) is 5.43 Å². The lowest BCUT2D eigenvalue weighted by atomic mass is 10.1. The van der Waals surface area contributed by atoms with Gasteiger partial charge in [0.1, 0.15) is 5.82 Å². The van der Waals surface area contributed by atoms with Crippen LogP contribution < -0.4 is 5.43 Å². The van der Waals surface area contributed by atoms with Gasteiger partial charge in [0.2, 0.25) is 5.91 Å². The maximum atomic E-state index is 12.6. The van der Waals surface area contributed by atoms with Crippen LogP contribution in [-0.4, -0.2) is 18.0 Å². The van der Waals surface area contributed by atoms with Gasteiger partial charge in [0.05, 0.1) is 6.04 Å². The minimum absolute atomic E-state index is 0.0203. The van der Waals surface area contributed by atoms with Gasteiger partial charge in [0.15, 0.2) is 0 Å². The van der Waals surface area contributed by atoms with Crippen LogP contribution in [-0.2, 0) is 4.79 Å². The second-order valence-electron chi connectivity index (χ2n) is 3.39. The smallest absolute Gasteiger partial charge is 0.238 e. The highest BCUT2D eigenvalue weighted by Gasteiger charge is 2.27. The molecule has 0 spiro atoms. The summed E-state index contributed by atoms with van der Waals surface area (Å²) >= 11 is 0. The van der Waals surface area contributed by atoms with Crippen molar-refractivity contribution in [3.63, 3.8) is 0 Å². The average Bonchev–Trinajstić information content (AvgIpc) is 2.48. The summed E-state index contributed by atoms with van der Waals surface area (Å²) < 4.78 is 12.6. The molecule has 0 bridgehead atoms. The Balaban J connectivity index is 2.17. The predicted molar refractivity (Wildman–Crippen MR) is 49.7 cm³/mol. The average molecular weight is 194 g/mol. The largest absolute Gasteiger partial charge is 0.281 e. The van der Waals surface area contributed by atoms with E-state index < -0.39 is 0 Å². The van der Waals surface area contributed by atoms with Crippen molar-refractivity contribution in [2.24, 2.45) is 0 Å². The molecule has 1 amide bonds. The molecule has 0 aromatic heterocycles. The molecule has 1 saturated heterocycles. The summed E-state index contributed by atoms with van der Waals surface area (Å²) in [6, 6.07) is 6.17. The molecular formula is C10H11FN2O. The molecule has 1 fully saturated rings. The van der Waals surface area contributed by atoms with Gasteiger partial charge in [-0.3, -0.25) is 9.80 Å². The molecule has 1 aliphatic heterocycles. The highest BCUT2D eigenvalue weighted by atomic mass is 19.1. The molecule has 3 nitrogen and oxygen atoms in total. The summed E-state index contributed by atoms with van der Waals surface area (Å²) in [6.45, 7) is 0. The van der Waals surface area contributed by atoms with Gasteiger partial charge in [-0.05, 0) is 17.7 Å². The van der Waals surface area contributed by atoms with Crippen LogP contribution in [0.4, 0.5) is 4.39 Å². The quantitative estimate of drug-likeness (QED) is 0.729. The molecule has 0 aliphatic carbocycles. The summed E-state index contributed by atoms with van der Waals surface area (Å²) in [6.07, 6.45) is 0.433. The zero-order chi connectivity index (χ0) is 10.1. The van der Waals surface area contributed by atoms with Gasteiger partial charge >= 0.3 is 0 Å². The third-order valence-corrected chi connectivity index (χ3v) is 2.37. The van der Waals surface area contributed by atoms with Crippen LogP contribution in [0.3, 0.4) is 0 Å². The van der Waals surface area contributed by atoms with Gasteiger partial charge in [-0.1, -0.05) is 12.1 Å². The molecule has 4 heteroatoms. The molecular weight excluding hydrogens is 183 g/mol. The van der Waals surface area contributed by atoms with Crippen LogP contribution in [0.1, 0.15) is 18.0 Å². The van der Waals surface area contributed by atoms with E-state index in [0.29, 0.717) is 6.42 Å². The number of nitrogens with zero attached hydrogens (tertiary/aromatic N) is 1. The number of carbonyl (C=O) groups is 1. The SMILES string of the molecule is CN1NC(c2ccc(F)cc2)CC1=O. The van der Waals surface area contributed by atoms with Crippen molar-refractivity contribution in [1.82, 2.24) is 10.4 Å². The number of amides is 1. The van der Waals surface area contributed by atoms with Crippen LogP contribution in [0.2, 0.25) is 0 Å². The number of halogens is 1. The summed E-state index contributed by atoms with van der Waals surface area (Å²) in [5.41, 5.74) is 3.94. The molecule has 1 aromatic carbocycles. The third-order valence-electron chi connectivity index (χ3n) is 2.37. The van der Waals surface area contributed by atoms with Crippen molar-refractivity contribution < 1.29 is 9.18 Å². The van der Waals surface area contributed by atoms with Crippen LogP contribution in [0.15, 0.2) is 24.3 Å². The van der Waals surface area contributed by atoms with E-state index in [-0.39, 0.29) is 17.8 Å². The molecule has 0 saturated carbocycles. The van der Waals surface area contributed by atoms with Crippen LogP contribution in [0, 0.1) is 5.82 Å². The molecule has 74 valence electrons. The van der Waals surface area contributed by atoms with E-state index in [4.69, 9.17) is 0 Å². The minimum Gasteiger partial charge on any atom is -0.281 e. The standard InChI is InChI=1S/C10H11FN2O/c1-13-10(14)6-9(12-13)7-2-4-8(11)5-3-7/h2-5,9,12H,6H2,1H3. The van der Waals surface area contributed by atoms with Gasteiger partial charge < -0.3 is 0 Å². The number of hydrazine groups is 1. The van der Waals surface area contributed by atoms with Crippen LogP contribution >= 0.6 is 0 Å². The van der Waals surface area contributed by atoms with Crippen molar-refractivity contribution >= 4 is 5.91 Å². The zero-order valence-electron chi connectivity index (χ0n) is 7.83. The fraction of sp³-hybridized carbons (Fsp3) is 0.300. The molecule has 14 heavy (non-hydrogen) atoms. The molecule has 1 aromatic rings. The molecule has 1 unspecified atom stereocenters. The summed E-state index contributed by atoms with van der Waals surface area (Å²) in [7, 11) is 1.69. The predicted octanol–water partition coefficient (Wildman–Crippen LogP) is 1.23. The number of rotatable bonds is 1. The van der Waals surface area contributed by atoms with Crippen molar-refractivity contribution in [2.75, 3.05) is 7.05 Å². The fourth-order valence-corrected chi connectivity index (χ4v) is 1.55. The first kappa shape index (κ1) is 9.15. The Morgan fingerprint density at radius 1 is 1.43 bits per heavy atom. The maximum Gasteiger partial charge on any atom is 0.238 e. The highest BCUT2D eigenvalue weighted by Crippen LogP contribution is 2.22. The van der Waals surface area contributed by atoms with E-state index >= 15 is 0 Å².